The highest BCUT2D eigenvalue weighted by molar-refractivity contribution is 7.08. The molecule has 1 amide bonds. The smallest absolute Gasteiger partial charge is 0.408 e. The minimum absolute atomic E-state index is 0.419. The normalized spacial score (nSPS) is 10.4. The van der Waals surface area contributed by atoms with E-state index < -0.39 is 6.09 Å². The van der Waals surface area contributed by atoms with Crippen molar-refractivity contribution < 1.29 is 9.53 Å². The predicted molar refractivity (Wildman–Crippen MR) is 77.5 cm³/mol. The summed E-state index contributed by atoms with van der Waals surface area (Å²) in [4.78, 5) is 18.2. The number of pyridine rings is 1. The first-order chi connectivity index (χ1) is 9.74. The second-order valence-electron chi connectivity index (χ2n) is 4.09. The number of amides is 1. The fourth-order valence-corrected chi connectivity index (χ4v) is 2.58. The average molecular weight is 285 g/mol. The average Bonchev–Trinajstić information content (AvgIpc) is 3.08. The van der Waals surface area contributed by atoms with Crippen LogP contribution in [-0.2, 0) is 0 Å². The molecule has 5 nitrogen and oxygen atoms in total. The zero-order chi connectivity index (χ0) is 13.9. The van der Waals surface area contributed by atoms with Crippen molar-refractivity contribution in [3.05, 3.63) is 47.4 Å². The number of hydrogen-bond acceptors (Lipinski definition) is 4. The summed E-state index contributed by atoms with van der Waals surface area (Å²) >= 11 is 1.57. The standard InChI is InChI=1S/C14H11N3O2S/c15-14(18)19-12-7-11(9-1-4-16-5-2-9)17-13(12)10-3-6-20-8-10/h1-8,17H,(H2,15,18). The number of aromatic nitrogens is 2. The Morgan fingerprint density at radius 2 is 2.05 bits per heavy atom. The summed E-state index contributed by atoms with van der Waals surface area (Å²) in [5.41, 5.74) is 8.59. The van der Waals surface area contributed by atoms with Gasteiger partial charge in [-0.1, -0.05) is 0 Å². The molecular formula is C14H11N3O2S. The van der Waals surface area contributed by atoms with E-state index in [-0.39, 0.29) is 0 Å². The van der Waals surface area contributed by atoms with Gasteiger partial charge in [0.05, 0.1) is 5.69 Å². The highest BCUT2D eigenvalue weighted by atomic mass is 32.1. The number of nitrogens with zero attached hydrogens (tertiary/aromatic N) is 1. The number of ether oxygens (including phenoxy) is 1. The third kappa shape index (κ3) is 2.41. The van der Waals surface area contributed by atoms with Crippen molar-refractivity contribution in [2.75, 3.05) is 0 Å². The number of thiophene rings is 1. The predicted octanol–water partition coefficient (Wildman–Crippen LogP) is 3.26. The summed E-state index contributed by atoms with van der Waals surface area (Å²) in [6, 6.07) is 7.45. The fraction of sp³-hybridized carbons (Fsp3) is 0. The molecule has 0 radical (unpaired) electrons. The molecule has 3 heterocycles. The lowest BCUT2D eigenvalue weighted by molar-refractivity contribution is 0.211. The van der Waals surface area contributed by atoms with Crippen molar-refractivity contribution in [1.29, 1.82) is 0 Å². The first-order valence-electron chi connectivity index (χ1n) is 5.87. The molecule has 100 valence electrons. The number of aromatic amines is 1. The van der Waals surface area contributed by atoms with E-state index in [9.17, 15) is 4.79 Å². The van der Waals surface area contributed by atoms with Gasteiger partial charge in [-0.05, 0) is 23.6 Å². The molecule has 0 aromatic carbocycles. The Morgan fingerprint density at radius 1 is 1.25 bits per heavy atom. The minimum atomic E-state index is -0.832. The van der Waals surface area contributed by atoms with Gasteiger partial charge in [-0.15, -0.1) is 0 Å². The van der Waals surface area contributed by atoms with Crippen LogP contribution in [0.3, 0.4) is 0 Å². The summed E-state index contributed by atoms with van der Waals surface area (Å²) in [7, 11) is 0. The van der Waals surface area contributed by atoms with E-state index in [1.165, 1.54) is 0 Å². The summed E-state index contributed by atoms with van der Waals surface area (Å²) in [5, 5.41) is 3.92. The lowest BCUT2D eigenvalue weighted by Gasteiger charge is -2.00. The first kappa shape index (κ1) is 12.4. The Bertz CT molecular complexity index is 720. The van der Waals surface area contributed by atoms with Crippen LogP contribution >= 0.6 is 11.3 Å². The van der Waals surface area contributed by atoms with E-state index in [0.29, 0.717) is 5.75 Å². The molecule has 3 aromatic rings. The maximum absolute atomic E-state index is 11.0. The summed E-state index contributed by atoms with van der Waals surface area (Å²) in [6.45, 7) is 0. The van der Waals surface area contributed by atoms with Crippen LogP contribution in [-0.4, -0.2) is 16.1 Å². The van der Waals surface area contributed by atoms with Gasteiger partial charge in [0.15, 0.2) is 5.75 Å². The zero-order valence-corrected chi connectivity index (χ0v) is 11.2. The second-order valence-corrected chi connectivity index (χ2v) is 4.87. The third-order valence-corrected chi connectivity index (χ3v) is 3.48. The SMILES string of the molecule is NC(=O)Oc1cc(-c2ccncc2)[nH]c1-c1ccsc1. The lowest BCUT2D eigenvalue weighted by Crippen LogP contribution is -2.16. The number of primary amides is 1. The molecule has 0 saturated carbocycles. The Kier molecular flexibility index (Phi) is 3.22. The fourth-order valence-electron chi connectivity index (χ4n) is 1.93. The van der Waals surface area contributed by atoms with Gasteiger partial charge in [-0.2, -0.15) is 11.3 Å². The quantitative estimate of drug-likeness (QED) is 0.775. The molecule has 3 aromatic heterocycles. The van der Waals surface area contributed by atoms with Gasteiger partial charge in [-0.3, -0.25) is 4.98 Å². The summed E-state index contributed by atoms with van der Waals surface area (Å²) in [6.07, 6.45) is 2.58. The van der Waals surface area contributed by atoms with Crippen LogP contribution in [0.5, 0.6) is 5.75 Å². The van der Waals surface area contributed by atoms with Crippen LogP contribution in [0.2, 0.25) is 0 Å². The molecule has 0 fully saturated rings. The van der Waals surface area contributed by atoms with Crippen LogP contribution in [0, 0.1) is 0 Å². The van der Waals surface area contributed by atoms with Crippen molar-refractivity contribution in [3.8, 4) is 28.3 Å². The Morgan fingerprint density at radius 3 is 2.70 bits per heavy atom. The van der Waals surface area contributed by atoms with Gasteiger partial charge in [0.2, 0.25) is 0 Å². The molecule has 0 atom stereocenters. The van der Waals surface area contributed by atoms with Crippen molar-refractivity contribution in [2.45, 2.75) is 0 Å². The van der Waals surface area contributed by atoms with Crippen LogP contribution in [0.25, 0.3) is 22.5 Å². The van der Waals surface area contributed by atoms with Crippen molar-refractivity contribution in [1.82, 2.24) is 9.97 Å². The molecular weight excluding hydrogens is 274 g/mol. The molecule has 0 unspecified atom stereocenters. The van der Waals surface area contributed by atoms with E-state index in [1.54, 1.807) is 29.8 Å². The highest BCUT2D eigenvalue weighted by Gasteiger charge is 2.14. The Hall–Kier alpha value is -2.60. The number of rotatable bonds is 3. The molecule has 6 heteroatoms. The van der Waals surface area contributed by atoms with Gasteiger partial charge < -0.3 is 15.5 Å². The second kappa shape index (κ2) is 5.18. The largest absolute Gasteiger partial charge is 0.410 e. The maximum Gasteiger partial charge on any atom is 0.410 e. The number of carbonyl (C=O) groups excluding carboxylic acids is 1. The highest BCUT2D eigenvalue weighted by Crippen LogP contribution is 2.35. The van der Waals surface area contributed by atoms with E-state index in [1.807, 2.05) is 29.0 Å². The number of hydrogen-bond donors (Lipinski definition) is 2. The molecule has 0 aliphatic heterocycles. The van der Waals surface area contributed by atoms with Crippen molar-refractivity contribution in [3.63, 3.8) is 0 Å². The Labute approximate surface area is 119 Å². The van der Waals surface area contributed by atoms with Crippen LogP contribution < -0.4 is 10.5 Å². The maximum atomic E-state index is 11.0. The van der Waals surface area contributed by atoms with Gasteiger partial charge in [0.25, 0.3) is 0 Å². The molecule has 0 aliphatic carbocycles. The van der Waals surface area contributed by atoms with Gasteiger partial charge in [0.1, 0.15) is 0 Å². The van der Waals surface area contributed by atoms with E-state index in [2.05, 4.69) is 9.97 Å². The zero-order valence-electron chi connectivity index (χ0n) is 10.4. The number of H-pyrrole nitrogens is 1. The monoisotopic (exact) mass is 285 g/mol. The summed E-state index contributed by atoms with van der Waals surface area (Å²) < 4.78 is 5.07. The van der Waals surface area contributed by atoms with Crippen molar-refractivity contribution >= 4 is 17.4 Å². The van der Waals surface area contributed by atoms with Gasteiger partial charge in [0, 0.05) is 40.7 Å². The molecule has 0 bridgehead atoms. The molecule has 0 saturated heterocycles. The third-order valence-electron chi connectivity index (χ3n) is 2.79. The lowest BCUT2D eigenvalue weighted by atomic mass is 10.2. The van der Waals surface area contributed by atoms with Gasteiger partial charge >= 0.3 is 6.09 Å². The molecule has 0 spiro atoms. The number of nitrogens with two attached hydrogens (primary N) is 1. The first-order valence-corrected chi connectivity index (χ1v) is 6.81. The van der Waals surface area contributed by atoms with Crippen LogP contribution in [0.1, 0.15) is 0 Å². The molecule has 0 aliphatic rings. The number of carbonyl (C=O) groups is 1. The van der Waals surface area contributed by atoms with E-state index >= 15 is 0 Å². The molecule has 3 N–H and O–H groups in total. The van der Waals surface area contributed by atoms with Gasteiger partial charge in [-0.25, -0.2) is 4.79 Å². The topological polar surface area (TPSA) is 81.0 Å². The Balaban J connectivity index is 2.08. The summed E-state index contributed by atoms with van der Waals surface area (Å²) in [5.74, 6) is 0.419. The molecule has 20 heavy (non-hydrogen) atoms. The number of nitrogens with one attached hydrogen (secondary N) is 1. The van der Waals surface area contributed by atoms with Crippen LogP contribution in [0.15, 0.2) is 47.4 Å². The van der Waals surface area contributed by atoms with E-state index in [0.717, 1.165) is 22.5 Å². The molecule has 3 rings (SSSR count). The van der Waals surface area contributed by atoms with Crippen molar-refractivity contribution in [2.24, 2.45) is 5.73 Å². The van der Waals surface area contributed by atoms with Crippen LogP contribution in [0.4, 0.5) is 4.79 Å². The minimum Gasteiger partial charge on any atom is -0.408 e. The van der Waals surface area contributed by atoms with E-state index in [4.69, 9.17) is 10.5 Å².